The van der Waals surface area contributed by atoms with Crippen molar-refractivity contribution in [3.63, 3.8) is 0 Å². The number of amides is 1. The molecule has 0 aliphatic carbocycles. The first-order valence-corrected chi connectivity index (χ1v) is 8.82. The lowest BCUT2D eigenvalue weighted by molar-refractivity contribution is -0.122. The number of aryl methyl sites for hydroxylation is 1. The van der Waals surface area contributed by atoms with Crippen LogP contribution in [0, 0.1) is 6.92 Å². The highest BCUT2D eigenvalue weighted by Crippen LogP contribution is 2.22. The van der Waals surface area contributed by atoms with Crippen molar-refractivity contribution in [3.05, 3.63) is 59.9 Å². The maximum Gasteiger partial charge on any atom is 0.234 e. The van der Waals surface area contributed by atoms with Gasteiger partial charge < -0.3 is 10.1 Å². The Hall–Kier alpha value is -2.40. The fourth-order valence-electron chi connectivity index (χ4n) is 3.00. The topological polar surface area (TPSA) is 54.5 Å². The molecule has 5 nitrogen and oxygen atoms in total. The SMILES string of the molecule is Cc1ccccc1OC1CCN(CC(=O)NCc2ccccn2)CC1. The highest BCUT2D eigenvalue weighted by molar-refractivity contribution is 5.77. The van der Waals surface area contributed by atoms with Crippen molar-refractivity contribution in [1.82, 2.24) is 15.2 Å². The quantitative estimate of drug-likeness (QED) is 0.879. The third-order valence-electron chi connectivity index (χ3n) is 4.48. The van der Waals surface area contributed by atoms with Gasteiger partial charge >= 0.3 is 0 Å². The molecule has 1 aromatic heterocycles. The van der Waals surface area contributed by atoms with E-state index in [2.05, 4.69) is 28.2 Å². The summed E-state index contributed by atoms with van der Waals surface area (Å²) in [6, 6.07) is 13.8. The largest absolute Gasteiger partial charge is 0.490 e. The molecule has 1 aliphatic rings. The van der Waals surface area contributed by atoms with E-state index < -0.39 is 0 Å². The zero-order chi connectivity index (χ0) is 17.5. The average molecular weight is 339 g/mol. The Labute approximate surface area is 149 Å². The number of piperidine rings is 1. The Morgan fingerprint density at radius 1 is 1.20 bits per heavy atom. The van der Waals surface area contributed by atoms with Gasteiger partial charge in [-0.1, -0.05) is 24.3 Å². The maximum absolute atomic E-state index is 12.1. The summed E-state index contributed by atoms with van der Waals surface area (Å²) in [6.45, 7) is 4.74. The predicted molar refractivity (Wildman–Crippen MR) is 97.4 cm³/mol. The smallest absolute Gasteiger partial charge is 0.234 e. The van der Waals surface area contributed by atoms with Crippen molar-refractivity contribution in [1.29, 1.82) is 0 Å². The van der Waals surface area contributed by atoms with Crippen molar-refractivity contribution >= 4 is 5.91 Å². The van der Waals surface area contributed by atoms with Crippen molar-refractivity contribution < 1.29 is 9.53 Å². The van der Waals surface area contributed by atoms with Gasteiger partial charge in [0, 0.05) is 19.3 Å². The Morgan fingerprint density at radius 2 is 1.96 bits per heavy atom. The molecule has 1 saturated heterocycles. The summed E-state index contributed by atoms with van der Waals surface area (Å²) in [5, 5.41) is 2.93. The van der Waals surface area contributed by atoms with E-state index in [1.54, 1.807) is 6.20 Å². The molecule has 1 N–H and O–H groups in total. The van der Waals surface area contributed by atoms with Gasteiger partial charge in [-0.05, 0) is 43.5 Å². The van der Waals surface area contributed by atoms with Crippen LogP contribution >= 0.6 is 0 Å². The van der Waals surface area contributed by atoms with Crippen molar-refractivity contribution in [2.75, 3.05) is 19.6 Å². The number of rotatable bonds is 6. The third-order valence-corrected chi connectivity index (χ3v) is 4.48. The van der Waals surface area contributed by atoms with E-state index in [1.165, 1.54) is 5.56 Å². The van der Waals surface area contributed by atoms with Crippen LogP contribution in [-0.2, 0) is 11.3 Å². The van der Waals surface area contributed by atoms with E-state index >= 15 is 0 Å². The number of hydrogen-bond acceptors (Lipinski definition) is 4. The Kier molecular flexibility index (Phi) is 6.01. The van der Waals surface area contributed by atoms with Gasteiger partial charge in [0.05, 0.1) is 18.8 Å². The lowest BCUT2D eigenvalue weighted by atomic mass is 10.1. The molecule has 132 valence electrons. The van der Waals surface area contributed by atoms with Crippen LogP contribution in [0.5, 0.6) is 5.75 Å². The minimum Gasteiger partial charge on any atom is -0.490 e. The molecule has 25 heavy (non-hydrogen) atoms. The number of carbonyl (C=O) groups excluding carboxylic acids is 1. The molecular formula is C20H25N3O2. The minimum atomic E-state index is 0.0453. The van der Waals surface area contributed by atoms with Crippen molar-refractivity contribution in [3.8, 4) is 5.75 Å². The highest BCUT2D eigenvalue weighted by Gasteiger charge is 2.22. The molecule has 0 bridgehead atoms. The van der Waals surface area contributed by atoms with Crippen molar-refractivity contribution in [2.24, 2.45) is 0 Å². The predicted octanol–water partition coefficient (Wildman–Crippen LogP) is 2.55. The molecule has 1 aliphatic heterocycles. The summed E-state index contributed by atoms with van der Waals surface area (Å²) >= 11 is 0. The van der Waals surface area contributed by atoms with Gasteiger partial charge in [-0.3, -0.25) is 14.7 Å². The number of ether oxygens (including phenoxy) is 1. The number of nitrogens with zero attached hydrogens (tertiary/aromatic N) is 2. The number of hydrogen-bond donors (Lipinski definition) is 1. The second-order valence-corrected chi connectivity index (χ2v) is 6.46. The fraction of sp³-hybridized carbons (Fsp3) is 0.400. The second kappa shape index (κ2) is 8.62. The molecule has 0 saturated carbocycles. The van der Waals surface area contributed by atoms with Crippen LogP contribution in [0.1, 0.15) is 24.1 Å². The van der Waals surface area contributed by atoms with Crippen molar-refractivity contribution in [2.45, 2.75) is 32.4 Å². The molecule has 5 heteroatoms. The normalized spacial score (nSPS) is 15.7. The minimum absolute atomic E-state index is 0.0453. The number of carbonyl (C=O) groups is 1. The highest BCUT2D eigenvalue weighted by atomic mass is 16.5. The number of likely N-dealkylation sites (tertiary alicyclic amines) is 1. The van der Waals surface area contributed by atoms with Gasteiger partial charge in [0.2, 0.25) is 5.91 Å². The van der Waals surface area contributed by atoms with E-state index in [-0.39, 0.29) is 12.0 Å². The van der Waals surface area contributed by atoms with Gasteiger partial charge in [0.15, 0.2) is 0 Å². The zero-order valence-electron chi connectivity index (χ0n) is 14.6. The molecule has 0 radical (unpaired) electrons. The van der Waals surface area contributed by atoms with E-state index in [4.69, 9.17) is 4.74 Å². The number of benzene rings is 1. The van der Waals surface area contributed by atoms with Gasteiger partial charge in [-0.2, -0.15) is 0 Å². The molecule has 2 aromatic rings. The molecule has 0 unspecified atom stereocenters. The summed E-state index contributed by atoms with van der Waals surface area (Å²) in [6.07, 6.45) is 3.86. The first kappa shape index (κ1) is 17.4. The van der Waals surface area contributed by atoms with E-state index in [1.807, 2.05) is 36.4 Å². The molecule has 0 spiro atoms. The number of pyridine rings is 1. The number of aromatic nitrogens is 1. The lowest BCUT2D eigenvalue weighted by Crippen LogP contribution is -2.43. The lowest BCUT2D eigenvalue weighted by Gasteiger charge is -2.32. The monoisotopic (exact) mass is 339 g/mol. The van der Waals surface area contributed by atoms with Crippen LogP contribution in [0.25, 0.3) is 0 Å². The summed E-state index contributed by atoms with van der Waals surface area (Å²) in [5.74, 6) is 1.01. The molecule has 3 rings (SSSR count). The summed E-state index contributed by atoms with van der Waals surface area (Å²) in [5.41, 5.74) is 2.04. The van der Waals surface area contributed by atoms with Crippen LogP contribution < -0.4 is 10.1 Å². The summed E-state index contributed by atoms with van der Waals surface area (Å²) in [7, 11) is 0. The first-order valence-electron chi connectivity index (χ1n) is 8.82. The van der Waals surface area contributed by atoms with E-state index in [0.29, 0.717) is 13.1 Å². The third kappa shape index (κ3) is 5.29. The average Bonchev–Trinajstić information content (AvgIpc) is 2.64. The standard InChI is InChI=1S/C20H25N3O2/c1-16-6-2-3-8-19(16)25-18-9-12-23(13-10-18)15-20(24)22-14-17-7-4-5-11-21-17/h2-8,11,18H,9-10,12-15H2,1H3,(H,22,24). The molecule has 1 aromatic carbocycles. The fourth-order valence-corrected chi connectivity index (χ4v) is 3.00. The van der Waals surface area contributed by atoms with Gasteiger partial charge in [-0.25, -0.2) is 0 Å². The Balaban J connectivity index is 1.39. The van der Waals surface area contributed by atoms with Gasteiger partial charge in [0.1, 0.15) is 11.9 Å². The Bertz CT molecular complexity index is 682. The number of para-hydroxylation sites is 1. The van der Waals surface area contributed by atoms with Crippen LogP contribution in [0.3, 0.4) is 0 Å². The summed E-state index contributed by atoms with van der Waals surface area (Å²) in [4.78, 5) is 18.5. The second-order valence-electron chi connectivity index (χ2n) is 6.46. The maximum atomic E-state index is 12.1. The first-order chi connectivity index (χ1) is 12.2. The summed E-state index contributed by atoms with van der Waals surface area (Å²) < 4.78 is 6.11. The molecule has 2 heterocycles. The van der Waals surface area contributed by atoms with Crippen LogP contribution in [0.4, 0.5) is 0 Å². The van der Waals surface area contributed by atoms with Crippen LogP contribution in [-0.4, -0.2) is 41.5 Å². The van der Waals surface area contributed by atoms with Crippen LogP contribution in [0.15, 0.2) is 48.7 Å². The zero-order valence-corrected chi connectivity index (χ0v) is 14.6. The number of nitrogens with one attached hydrogen (secondary N) is 1. The van der Waals surface area contributed by atoms with E-state index in [9.17, 15) is 4.79 Å². The van der Waals surface area contributed by atoms with Gasteiger partial charge in [-0.15, -0.1) is 0 Å². The molecular weight excluding hydrogens is 314 g/mol. The van der Waals surface area contributed by atoms with E-state index in [0.717, 1.165) is 37.4 Å². The van der Waals surface area contributed by atoms with Gasteiger partial charge in [0.25, 0.3) is 0 Å². The Morgan fingerprint density at radius 3 is 2.68 bits per heavy atom. The molecule has 1 amide bonds. The van der Waals surface area contributed by atoms with Crippen LogP contribution in [0.2, 0.25) is 0 Å². The molecule has 0 atom stereocenters. The molecule has 1 fully saturated rings.